The molecular formula is C16H22N2O2. The quantitative estimate of drug-likeness (QED) is 0.910. The summed E-state index contributed by atoms with van der Waals surface area (Å²) in [5, 5.41) is 3.39. The number of methoxy groups -OCH3 is 1. The van der Waals surface area contributed by atoms with Crippen molar-refractivity contribution >= 4 is 5.91 Å². The van der Waals surface area contributed by atoms with Crippen LogP contribution in [0, 0.1) is 5.92 Å². The third-order valence-corrected chi connectivity index (χ3v) is 4.60. The van der Waals surface area contributed by atoms with Crippen molar-refractivity contribution in [2.45, 2.75) is 31.5 Å². The van der Waals surface area contributed by atoms with Crippen molar-refractivity contribution in [3.05, 3.63) is 35.9 Å². The number of rotatable bonds is 3. The van der Waals surface area contributed by atoms with Crippen LogP contribution in [0.5, 0.6) is 0 Å². The van der Waals surface area contributed by atoms with Crippen LogP contribution in [0.1, 0.15) is 25.0 Å². The predicted molar refractivity (Wildman–Crippen MR) is 77.3 cm³/mol. The van der Waals surface area contributed by atoms with Crippen molar-refractivity contribution in [2.75, 3.05) is 20.2 Å². The maximum Gasteiger partial charge on any atom is 0.256 e. The molecule has 0 radical (unpaired) electrons. The lowest BCUT2D eigenvalue weighted by Gasteiger charge is -2.31. The minimum absolute atomic E-state index is 0.0994. The molecule has 1 aromatic carbocycles. The van der Waals surface area contributed by atoms with Crippen molar-refractivity contribution in [1.29, 1.82) is 0 Å². The number of nitrogens with one attached hydrogen (secondary N) is 1. The first-order valence-electron chi connectivity index (χ1n) is 7.33. The average Bonchev–Trinajstić information content (AvgIpc) is 3.00. The zero-order valence-corrected chi connectivity index (χ0v) is 12.1. The van der Waals surface area contributed by atoms with Crippen molar-refractivity contribution in [3.8, 4) is 0 Å². The fourth-order valence-corrected chi connectivity index (χ4v) is 3.69. The Balaban J connectivity index is 1.83. The smallest absolute Gasteiger partial charge is 0.256 e. The Hall–Kier alpha value is -1.39. The van der Waals surface area contributed by atoms with E-state index in [1.54, 1.807) is 7.11 Å². The van der Waals surface area contributed by atoms with Crippen molar-refractivity contribution in [2.24, 2.45) is 5.92 Å². The maximum atomic E-state index is 12.9. The summed E-state index contributed by atoms with van der Waals surface area (Å²) in [6, 6.07) is 10.4. The van der Waals surface area contributed by atoms with Crippen molar-refractivity contribution in [3.63, 3.8) is 0 Å². The summed E-state index contributed by atoms with van der Waals surface area (Å²) in [5.74, 6) is 0.699. The van der Waals surface area contributed by atoms with Gasteiger partial charge in [0.1, 0.15) is 0 Å². The fraction of sp³-hybridized carbons (Fsp3) is 0.562. The first-order valence-corrected chi connectivity index (χ1v) is 7.33. The van der Waals surface area contributed by atoms with Crippen LogP contribution in [0.2, 0.25) is 0 Å². The molecular weight excluding hydrogens is 252 g/mol. The minimum Gasteiger partial charge on any atom is -0.367 e. The number of ether oxygens (including phenoxy) is 1. The number of likely N-dealkylation sites (tertiary alicyclic amines) is 1. The summed E-state index contributed by atoms with van der Waals surface area (Å²) in [4.78, 5) is 15.0. The van der Waals surface area contributed by atoms with Gasteiger partial charge >= 0.3 is 0 Å². The number of nitrogens with zero attached hydrogens (tertiary/aromatic N) is 1. The van der Waals surface area contributed by atoms with Gasteiger partial charge in [-0.25, -0.2) is 0 Å². The third-order valence-electron chi connectivity index (χ3n) is 4.60. The Morgan fingerprint density at radius 2 is 2.10 bits per heavy atom. The number of amides is 1. The largest absolute Gasteiger partial charge is 0.367 e. The number of hydrogen-bond donors (Lipinski definition) is 1. The molecule has 0 aliphatic carbocycles. The van der Waals surface area contributed by atoms with E-state index in [9.17, 15) is 4.79 Å². The molecule has 0 aromatic heterocycles. The van der Waals surface area contributed by atoms with E-state index >= 15 is 0 Å². The van der Waals surface area contributed by atoms with E-state index in [2.05, 4.69) is 12.2 Å². The standard InChI is InChI=1S/C16H22N2O2/c1-11-8-13-9-17-10-14(13)18(11)16(19)15(20-2)12-6-4-3-5-7-12/h3-7,11,13-15,17H,8-10H2,1-2H3. The Labute approximate surface area is 120 Å². The highest BCUT2D eigenvalue weighted by Crippen LogP contribution is 2.35. The highest BCUT2D eigenvalue weighted by Gasteiger charge is 2.45. The maximum absolute atomic E-state index is 12.9. The molecule has 0 saturated carbocycles. The van der Waals surface area contributed by atoms with Crippen LogP contribution in [0.3, 0.4) is 0 Å². The lowest BCUT2D eigenvalue weighted by molar-refractivity contribution is -0.145. The van der Waals surface area contributed by atoms with Crippen LogP contribution in [0.15, 0.2) is 30.3 Å². The van der Waals surface area contributed by atoms with Gasteiger partial charge in [0.25, 0.3) is 5.91 Å². The lowest BCUT2D eigenvalue weighted by atomic mass is 10.0. The van der Waals surface area contributed by atoms with Gasteiger partial charge < -0.3 is 15.0 Å². The highest BCUT2D eigenvalue weighted by atomic mass is 16.5. The molecule has 108 valence electrons. The Morgan fingerprint density at radius 1 is 1.35 bits per heavy atom. The van der Waals surface area contributed by atoms with Crippen LogP contribution in [-0.2, 0) is 9.53 Å². The summed E-state index contributed by atoms with van der Waals surface area (Å²) in [5.41, 5.74) is 0.932. The number of benzene rings is 1. The second-order valence-electron chi connectivity index (χ2n) is 5.84. The molecule has 4 unspecified atom stereocenters. The van der Waals surface area contributed by atoms with Crippen molar-refractivity contribution < 1.29 is 9.53 Å². The van der Waals surface area contributed by atoms with Gasteiger partial charge in [0, 0.05) is 32.3 Å². The fourth-order valence-electron chi connectivity index (χ4n) is 3.69. The molecule has 4 atom stereocenters. The molecule has 1 N–H and O–H groups in total. The molecule has 20 heavy (non-hydrogen) atoms. The molecule has 4 nitrogen and oxygen atoms in total. The van der Waals surface area contributed by atoms with Gasteiger partial charge in [0.2, 0.25) is 0 Å². The Bertz CT molecular complexity index is 477. The van der Waals surface area contributed by atoms with E-state index in [1.807, 2.05) is 35.2 Å². The zero-order chi connectivity index (χ0) is 14.1. The first-order chi connectivity index (χ1) is 9.72. The number of carbonyl (C=O) groups is 1. The number of carbonyl (C=O) groups excluding carboxylic acids is 1. The highest BCUT2D eigenvalue weighted by molar-refractivity contribution is 5.83. The van der Waals surface area contributed by atoms with E-state index in [-0.39, 0.29) is 5.91 Å². The molecule has 1 aromatic rings. The van der Waals surface area contributed by atoms with Crippen LogP contribution >= 0.6 is 0 Å². The molecule has 2 saturated heterocycles. The van der Waals surface area contributed by atoms with Gasteiger partial charge in [-0.05, 0) is 24.8 Å². The Kier molecular flexibility index (Phi) is 3.76. The number of hydrogen-bond acceptors (Lipinski definition) is 3. The van der Waals surface area contributed by atoms with Gasteiger partial charge in [-0.3, -0.25) is 4.79 Å². The van der Waals surface area contributed by atoms with Crippen molar-refractivity contribution in [1.82, 2.24) is 10.2 Å². The normalized spacial score (nSPS) is 30.3. The first kappa shape index (κ1) is 13.6. The monoisotopic (exact) mass is 274 g/mol. The van der Waals surface area contributed by atoms with Gasteiger partial charge in [-0.15, -0.1) is 0 Å². The second kappa shape index (κ2) is 5.54. The molecule has 1 amide bonds. The van der Waals surface area contributed by atoms with E-state index in [4.69, 9.17) is 4.74 Å². The SMILES string of the molecule is COC(C(=O)N1C(C)CC2CNCC21)c1ccccc1. The average molecular weight is 274 g/mol. The topological polar surface area (TPSA) is 41.6 Å². The summed E-state index contributed by atoms with van der Waals surface area (Å²) in [6.45, 7) is 4.08. The van der Waals surface area contributed by atoms with E-state index in [0.717, 1.165) is 25.1 Å². The Morgan fingerprint density at radius 3 is 2.80 bits per heavy atom. The molecule has 2 heterocycles. The second-order valence-corrected chi connectivity index (χ2v) is 5.84. The summed E-state index contributed by atoms with van der Waals surface area (Å²) >= 11 is 0. The van der Waals surface area contributed by atoms with E-state index in [0.29, 0.717) is 18.0 Å². The summed E-state index contributed by atoms with van der Waals surface area (Å²) in [6.07, 6.45) is 0.604. The van der Waals surface area contributed by atoms with E-state index < -0.39 is 6.10 Å². The molecule has 0 bridgehead atoms. The lowest BCUT2D eigenvalue weighted by Crippen LogP contribution is -2.45. The predicted octanol–water partition coefficient (Wildman–Crippen LogP) is 1.58. The zero-order valence-electron chi connectivity index (χ0n) is 12.1. The van der Waals surface area contributed by atoms with E-state index in [1.165, 1.54) is 0 Å². The molecule has 2 aliphatic rings. The van der Waals surface area contributed by atoms with Gasteiger partial charge in [0.05, 0.1) is 0 Å². The number of fused-ring (bicyclic) bond motifs is 1. The summed E-state index contributed by atoms with van der Waals surface area (Å²) in [7, 11) is 1.61. The third kappa shape index (κ3) is 2.23. The minimum atomic E-state index is -0.488. The van der Waals surface area contributed by atoms with Gasteiger partial charge in [-0.1, -0.05) is 30.3 Å². The van der Waals surface area contributed by atoms with Gasteiger partial charge in [0.15, 0.2) is 6.10 Å². The molecule has 0 spiro atoms. The van der Waals surface area contributed by atoms with Crippen LogP contribution in [-0.4, -0.2) is 43.1 Å². The molecule has 2 aliphatic heterocycles. The van der Waals surface area contributed by atoms with Crippen LogP contribution < -0.4 is 5.32 Å². The molecule has 3 rings (SSSR count). The van der Waals surface area contributed by atoms with Crippen LogP contribution in [0.4, 0.5) is 0 Å². The van der Waals surface area contributed by atoms with Gasteiger partial charge in [-0.2, -0.15) is 0 Å². The summed E-state index contributed by atoms with van der Waals surface area (Å²) < 4.78 is 5.50. The molecule has 4 heteroatoms. The van der Waals surface area contributed by atoms with Crippen LogP contribution in [0.25, 0.3) is 0 Å². The molecule has 2 fully saturated rings.